The molecular weight excluding hydrogens is 346 g/mol. The Morgan fingerprint density at radius 2 is 1.96 bits per heavy atom. The van der Waals surface area contributed by atoms with Gasteiger partial charge in [-0.3, -0.25) is 14.1 Å². The molecule has 130 valence electrons. The average Bonchev–Trinajstić information content (AvgIpc) is 2.35. The molecule has 1 aliphatic carbocycles. The fraction of sp³-hybridized carbons (Fsp3) is 0.500. The van der Waals surface area contributed by atoms with E-state index in [2.05, 4.69) is 5.53 Å². The van der Waals surface area contributed by atoms with Gasteiger partial charge in [0, 0.05) is 12.7 Å². The number of allylic oxidation sites excluding steroid dienone is 1. The van der Waals surface area contributed by atoms with E-state index >= 15 is 0 Å². The first-order chi connectivity index (χ1) is 10.4. The lowest BCUT2D eigenvalue weighted by atomic mass is 9.88. The number of hydrogen-bond acceptors (Lipinski definition) is 7. The lowest BCUT2D eigenvalue weighted by Gasteiger charge is -2.45. The van der Waals surface area contributed by atoms with E-state index in [0.29, 0.717) is 6.42 Å². The average molecular weight is 365 g/mol. The monoisotopic (exact) mass is 365 g/mol. The van der Waals surface area contributed by atoms with Gasteiger partial charge in [-0.25, -0.2) is 5.01 Å². The van der Waals surface area contributed by atoms with E-state index in [1.54, 1.807) is 26.1 Å². The van der Waals surface area contributed by atoms with Crippen molar-refractivity contribution in [3.8, 4) is 0 Å². The van der Waals surface area contributed by atoms with Crippen LogP contribution in [-0.4, -0.2) is 53.9 Å². The molecule has 0 aromatic heterocycles. The van der Waals surface area contributed by atoms with Gasteiger partial charge >= 0.3 is 0 Å². The summed E-state index contributed by atoms with van der Waals surface area (Å²) in [5, 5.41) is 2.79. The number of hydrogen-bond donors (Lipinski definition) is 3. The molecule has 0 amide bonds. The second-order valence-electron chi connectivity index (χ2n) is 5.83. The molecular formula is C12H19N3O6S2. The van der Waals surface area contributed by atoms with Crippen LogP contribution in [0, 0.1) is 0 Å². The standard InChI is InChI=1S/C12H19N3O6S2/c1-10-6-11(23(19,20)21)8-12(2,7-10)15-5-3-4-14(13-15)9-22(16,17)18/h3,5-6,8,13H,4,7,9H2,1-2H3,(H,16,17,18)(H,19,20,21). The highest BCUT2D eigenvalue weighted by Gasteiger charge is 2.35. The van der Waals surface area contributed by atoms with E-state index in [4.69, 9.17) is 4.55 Å². The highest BCUT2D eigenvalue weighted by molar-refractivity contribution is 7.90. The largest absolute Gasteiger partial charge is 0.294 e. The topological polar surface area (TPSA) is 127 Å². The van der Waals surface area contributed by atoms with Crippen molar-refractivity contribution in [3.63, 3.8) is 0 Å². The fourth-order valence-corrected chi connectivity index (χ4v) is 3.94. The van der Waals surface area contributed by atoms with Gasteiger partial charge < -0.3 is 0 Å². The van der Waals surface area contributed by atoms with Crippen LogP contribution in [0.4, 0.5) is 0 Å². The van der Waals surface area contributed by atoms with E-state index in [9.17, 15) is 21.4 Å². The predicted octanol–water partition coefficient (Wildman–Crippen LogP) is 0.263. The molecule has 1 atom stereocenters. The first kappa shape index (κ1) is 18.1. The van der Waals surface area contributed by atoms with Gasteiger partial charge in [-0.2, -0.15) is 22.4 Å². The van der Waals surface area contributed by atoms with Crippen molar-refractivity contribution < 1.29 is 25.9 Å². The zero-order valence-corrected chi connectivity index (χ0v) is 14.3. The molecule has 0 saturated carbocycles. The Kier molecular flexibility index (Phi) is 4.72. The summed E-state index contributed by atoms with van der Waals surface area (Å²) in [5.74, 6) is -0.617. The molecule has 2 rings (SSSR count). The molecule has 0 fully saturated rings. The summed E-state index contributed by atoms with van der Waals surface area (Å²) in [6.07, 6.45) is 6.56. The Balaban J connectivity index is 2.30. The van der Waals surface area contributed by atoms with E-state index in [1.165, 1.54) is 22.2 Å². The van der Waals surface area contributed by atoms with E-state index in [-0.39, 0.29) is 11.4 Å². The van der Waals surface area contributed by atoms with Crippen molar-refractivity contribution in [2.75, 3.05) is 12.4 Å². The molecule has 1 heterocycles. The first-order valence-corrected chi connectivity index (χ1v) is 9.74. The molecule has 0 radical (unpaired) electrons. The SMILES string of the molecule is CC1=CC(S(=O)(=O)O)=CC(C)(N2C=CCN(CS(=O)(=O)O)N2)C1. The van der Waals surface area contributed by atoms with Crippen molar-refractivity contribution in [1.82, 2.24) is 15.6 Å². The summed E-state index contributed by atoms with van der Waals surface area (Å²) in [6, 6.07) is 0. The third-order valence-corrected chi connectivity index (χ3v) is 4.94. The molecule has 2 aliphatic rings. The first-order valence-electron chi connectivity index (χ1n) is 6.69. The highest BCUT2D eigenvalue weighted by atomic mass is 32.2. The van der Waals surface area contributed by atoms with Crippen molar-refractivity contribution in [1.29, 1.82) is 0 Å². The summed E-state index contributed by atoms with van der Waals surface area (Å²) in [7, 11) is -8.56. The molecule has 0 aromatic carbocycles. The normalized spacial score (nSPS) is 26.9. The highest BCUT2D eigenvalue weighted by Crippen LogP contribution is 2.33. The summed E-state index contributed by atoms with van der Waals surface area (Å²) in [4.78, 5) is -0.217. The van der Waals surface area contributed by atoms with E-state index in [1.807, 2.05) is 0 Å². The Bertz CT molecular complexity index is 784. The molecule has 11 heteroatoms. The zero-order chi connectivity index (χ0) is 17.5. The minimum absolute atomic E-state index is 0.217. The fourth-order valence-electron chi connectivity index (χ4n) is 2.63. The van der Waals surface area contributed by atoms with Crippen LogP contribution in [0.15, 0.2) is 34.9 Å². The quantitative estimate of drug-likeness (QED) is 0.601. The molecule has 23 heavy (non-hydrogen) atoms. The summed E-state index contributed by atoms with van der Waals surface area (Å²) < 4.78 is 63.0. The third-order valence-electron chi connectivity index (χ3n) is 3.48. The minimum Gasteiger partial charge on any atom is -0.292 e. The molecule has 3 N–H and O–H groups in total. The predicted molar refractivity (Wildman–Crippen MR) is 83.6 cm³/mol. The van der Waals surface area contributed by atoms with Crippen LogP contribution in [0.2, 0.25) is 0 Å². The van der Waals surface area contributed by atoms with Crippen molar-refractivity contribution in [2.45, 2.75) is 25.8 Å². The summed E-state index contributed by atoms with van der Waals surface area (Å²) in [5.41, 5.74) is 2.70. The number of nitrogens with one attached hydrogen (secondary N) is 1. The van der Waals surface area contributed by atoms with Crippen LogP contribution in [0.1, 0.15) is 20.3 Å². The second kappa shape index (κ2) is 6.00. The van der Waals surface area contributed by atoms with Crippen LogP contribution >= 0.6 is 0 Å². The number of nitrogens with zero attached hydrogens (tertiary/aromatic N) is 2. The van der Waals surface area contributed by atoms with Gasteiger partial charge in [0.15, 0.2) is 0 Å². The van der Waals surface area contributed by atoms with Crippen LogP contribution in [-0.2, 0) is 20.2 Å². The Labute approximate surface area is 135 Å². The van der Waals surface area contributed by atoms with Crippen molar-refractivity contribution in [3.05, 3.63) is 34.9 Å². The number of rotatable bonds is 4. The van der Waals surface area contributed by atoms with Gasteiger partial charge in [-0.15, -0.1) is 0 Å². The van der Waals surface area contributed by atoms with Crippen LogP contribution in [0.5, 0.6) is 0 Å². The zero-order valence-electron chi connectivity index (χ0n) is 12.7. The maximum Gasteiger partial charge on any atom is 0.294 e. The second-order valence-corrected chi connectivity index (χ2v) is 8.68. The maximum absolute atomic E-state index is 11.4. The van der Waals surface area contributed by atoms with Gasteiger partial charge in [-0.1, -0.05) is 11.6 Å². The van der Waals surface area contributed by atoms with Crippen molar-refractivity contribution in [2.24, 2.45) is 0 Å². The molecule has 0 spiro atoms. The van der Waals surface area contributed by atoms with E-state index < -0.39 is 31.7 Å². The number of hydrazine groups is 2. The molecule has 0 bridgehead atoms. The van der Waals surface area contributed by atoms with Crippen molar-refractivity contribution >= 4 is 20.2 Å². The molecule has 9 nitrogen and oxygen atoms in total. The molecule has 1 unspecified atom stereocenters. The lowest BCUT2D eigenvalue weighted by molar-refractivity contribution is 0.0118. The van der Waals surface area contributed by atoms with Gasteiger partial charge in [0.05, 0.1) is 10.4 Å². The molecule has 0 aromatic rings. The third kappa shape index (κ3) is 4.62. The Morgan fingerprint density at radius 1 is 1.30 bits per heavy atom. The maximum atomic E-state index is 11.4. The van der Waals surface area contributed by atoms with Crippen LogP contribution < -0.4 is 5.53 Å². The summed E-state index contributed by atoms with van der Waals surface area (Å²) >= 11 is 0. The minimum atomic E-state index is -4.35. The Morgan fingerprint density at radius 3 is 2.52 bits per heavy atom. The lowest BCUT2D eigenvalue weighted by Crippen LogP contribution is -2.59. The van der Waals surface area contributed by atoms with Gasteiger partial charge in [0.25, 0.3) is 20.2 Å². The Hall–Kier alpha value is -1.24. The van der Waals surface area contributed by atoms with Gasteiger partial charge in [-0.05, 0) is 32.4 Å². The smallest absolute Gasteiger partial charge is 0.292 e. The van der Waals surface area contributed by atoms with Crippen LogP contribution in [0.3, 0.4) is 0 Å². The summed E-state index contributed by atoms with van der Waals surface area (Å²) in [6.45, 7) is 3.72. The molecule has 0 saturated heterocycles. The van der Waals surface area contributed by atoms with E-state index in [0.717, 1.165) is 5.57 Å². The van der Waals surface area contributed by atoms with Gasteiger partial charge in [0.1, 0.15) is 5.88 Å². The van der Waals surface area contributed by atoms with Crippen LogP contribution in [0.25, 0.3) is 0 Å². The van der Waals surface area contributed by atoms with Gasteiger partial charge in [0.2, 0.25) is 0 Å². The molecule has 1 aliphatic heterocycles.